The Bertz CT molecular complexity index is 1360. The van der Waals surface area contributed by atoms with Gasteiger partial charge >= 0.3 is 0 Å². The summed E-state index contributed by atoms with van der Waals surface area (Å²) in [5.74, 6) is -0.0482. The van der Waals surface area contributed by atoms with E-state index in [4.69, 9.17) is 4.99 Å². The maximum absolute atomic E-state index is 13.5. The molecule has 1 atom stereocenters. The first kappa shape index (κ1) is 23.8. The SMILES string of the molecule is CC1=C(C(=O)Nc2ccccc2)C(c2ccc(NC(=O)c3cccc(F)c3)cc2)N2CCCSC2=N1. The van der Waals surface area contributed by atoms with Crippen LogP contribution in [0, 0.1) is 5.82 Å². The van der Waals surface area contributed by atoms with E-state index in [0.29, 0.717) is 17.0 Å². The molecule has 3 aromatic carbocycles. The molecule has 0 bridgehead atoms. The van der Waals surface area contributed by atoms with Gasteiger partial charge in [0.2, 0.25) is 0 Å². The highest BCUT2D eigenvalue weighted by Crippen LogP contribution is 2.40. The molecule has 2 N–H and O–H groups in total. The van der Waals surface area contributed by atoms with Crippen LogP contribution >= 0.6 is 11.8 Å². The van der Waals surface area contributed by atoms with Gasteiger partial charge in [0.15, 0.2) is 5.17 Å². The Labute approximate surface area is 213 Å². The summed E-state index contributed by atoms with van der Waals surface area (Å²) in [6, 6.07) is 22.1. The van der Waals surface area contributed by atoms with Gasteiger partial charge in [0.05, 0.1) is 17.3 Å². The van der Waals surface area contributed by atoms with Gasteiger partial charge in [0.25, 0.3) is 11.8 Å². The van der Waals surface area contributed by atoms with Gasteiger partial charge in [-0.05, 0) is 61.4 Å². The zero-order valence-electron chi connectivity index (χ0n) is 19.7. The molecule has 6 nitrogen and oxygen atoms in total. The topological polar surface area (TPSA) is 73.8 Å². The predicted octanol–water partition coefficient (Wildman–Crippen LogP) is 5.84. The number of anilines is 2. The van der Waals surface area contributed by atoms with Crippen LogP contribution in [0.15, 0.2) is 95.1 Å². The van der Waals surface area contributed by atoms with Gasteiger partial charge in [-0.25, -0.2) is 9.38 Å². The number of aliphatic imine (C=N–C) groups is 1. The number of hydrogen-bond acceptors (Lipinski definition) is 5. The maximum Gasteiger partial charge on any atom is 0.255 e. The second-order valence-corrected chi connectivity index (χ2v) is 9.66. The van der Waals surface area contributed by atoms with Crippen LogP contribution in [0.3, 0.4) is 0 Å². The number of thioether (sulfide) groups is 1. The summed E-state index contributed by atoms with van der Waals surface area (Å²) < 4.78 is 13.5. The molecule has 2 heterocycles. The number of allylic oxidation sites excluding steroid dienone is 1. The maximum atomic E-state index is 13.5. The molecule has 0 radical (unpaired) electrons. The number of para-hydroxylation sites is 1. The third kappa shape index (κ3) is 5.04. The first-order chi connectivity index (χ1) is 17.5. The molecule has 0 aromatic heterocycles. The van der Waals surface area contributed by atoms with E-state index >= 15 is 0 Å². The fraction of sp³-hybridized carbons (Fsp3) is 0.179. The van der Waals surface area contributed by atoms with E-state index in [1.807, 2.05) is 49.4 Å². The van der Waals surface area contributed by atoms with E-state index in [2.05, 4.69) is 15.5 Å². The summed E-state index contributed by atoms with van der Waals surface area (Å²) in [6.07, 6.45) is 0.995. The molecule has 2 amide bonds. The van der Waals surface area contributed by atoms with Crippen molar-refractivity contribution in [3.8, 4) is 0 Å². The molecular formula is C28H25FN4O2S. The van der Waals surface area contributed by atoms with E-state index in [9.17, 15) is 14.0 Å². The Kier molecular flexibility index (Phi) is 6.86. The van der Waals surface area contributed by atoms with Crippen molar-refractivity contribution in [2.45, 2.75) is 19.4 Å². The molecule has 0 saturated carbocycles. The molecule has 182 valence electrons. The standard InChI is InChI=1S/C28H25FN4O2S/c1-18-24(27(35)32-22-9-3-2-4-10-22)25(33-15-6-16-36-28(33)30-18)19-11-13-23(14-12-19)31-26(34)20-7-5-8-21(29)17-20/h2-5,7-14,17,25H,6,15-16H2,1H3,(H,31,34)(H,32,35). The van der Waals surface area contributed by atoms with Crippen molar-refractivity contribution in [2.75, 3.05) is 22.9 Å². The zero-order valence-corrected chi connectivity index (χ0v) is 20.5. The molecule has 36 heavy (non-hydrogen) atoms. The molecule has 1 saturated heterocycles. The summed E-state index contributed by atoms with van der Waals surface area (Å²) >= 11 is 1.70. The third-order valence-electron chi connectivity index (χ3n) is 6.11. The largest absolute Gasteiger partial charge is 0.340 e. The lowest BCUT2D eigenvalue weighted by Gasteiger charge is -2.40. The number of carbonyl (C=O) groups excluding carboxylic acids is 2. The van der Waals surface area contributed by atoms with Crippen LogP contribution in [0.25, 0.3) is 0 Å². The first-order valence-electron chi connectivity index (χ1n) is 11.7. The van der Waals surface area contributed by atoms with Crippen molar-refractivity contribution in [2.24, 2.45) is 4.99 Å². The van der Waals surface area contributed by atoms with Crippen LogP contribution in [-0.2, 0) is 4.79 Å². The second-order valence-electron chi connectivity index (χ2n) is 8.60. The Morgan fingerprint density at radius 1 is 0.944 bits per heavy atom. The molecule has 3 aromatic rings. The molecule has 1 fully saturated rings. The first-order valence-corrected chi connectivity index (χ1v) is 12.7. The van der Waals surface area contributed by atoms with Crippen molar-refractivity contribution < 1.29 is 14.0 Å². The van der Waals surface area contributed by atoms with Crippen molar-refractivity contribution in [3.05, 3.63) is 107 Å². The van der Waals surface area contributed by atoms with E-state index in [1.165, 1.54) is 18.2 Å². The average molecular weight is 501 g/mol. The number of halogens is 1. The van der Waals surface area contributed by atoms with Crippen LogP contribution in [0.1, 0.15) is 35.3 Å². The summed E-state index contributed by atoms with van der Waals surface area (Å²) in [5.41, 5.74) is 3.77. The molecule has 8 heteroatoms. The normalized spacial score (nSPS) is 17.2. The molecular weight excluding hydrogens is 475 g/mol. The highest BCUT2D eigenvalue weighted by molar-refractivity contribution is 8.13. The number of amidine groups is 1. The van der Waals surface area contributed by atoms with Crippen LogP contribution in [-0.4, -0.2) is 34.2 Å². The molecule has 1 unspecified atom stereocenters. The summed E-state index contributed by atoms with van der Waals surface area (Å²) in [5, 5.41) is 6.74. The van der Waals surface area contributed by atoms with Crippen molar-refractivity contribution >= 4 is 40.1 Å². The summed E-state index contributed by atoms with van der Waals surface area (Å²) in [7, 11) is 0. The lowest BCUT2D eigenvalue weighted by Crippen LogP contribution is -2.43. The molecule has 2 aliphatic rings. The Balaban J connectivity index is 1.43. The number of nitrogens with zero attached hydrogens (tertiary/aromatic N) is 2. The molecule has 0 spiro atoms. The van der Waals surface area contributed by atoms with Crippen molar-refractivity contribution in [1.29, 1.82) is 0 Å². The summed E-state index contributed by atoms with van der Waals surface area (Å²) in [4.78, 5) is 32.9. The molecule has 5 rings (SSSR count). The van der Waals surface area contributed by atoms with Crippen LogP contribution < -0.4 is 10.6 Å². The minimum absolute atomic E-state index is 0.189. The quantitative estimate of drug-likeness (QED) is 0.462. The van der Waals surface area contributed by atoms with E-state index in [-0.39, 0.29) is 23.4 Å². The minimum atomic E-state index is -0.462. The monoisotopic (exact) mass is 500 g/mol. The van der Waals surface area contributed by atoms with Gasteiger partial charge in [-0.2, -0.15) is 0 Å². The van der Waals surface area contributed by atoms with Gasteiger partial charge in [0.1, 0.15) is 5.82 Å². The summed E-state index contributed by atoms with van der Waals surface area (Å²) in [6.45, 7) is 2.67. The van der Waals surface area contributed by atoms with Gasteiger partial charge < -0.3 is 15.5 Å². The van der Waals surface area contributed by atoms with E-state index in [1.54, 1.807) is 30.0 Å². The molecule has 0 aliphatic carbocycles. The number of rotatable bonds is 5. The zero-order chi connectivity index (χ0) is 25.1. The van der Waals surface area contributed by atoms with Crippen LogP contribution in [0.4, 0.5) is 15.8 Å². The minimum Gasteiger partial charge on any atom is -0.340 e. The average Bonchev–Trinajstić information content (AvgIpc) is 2.89. The fourth-order valence-electron chi connectivity index (χ4n) is 4.41. The highest BCUT2D eigenvalue weighted by Gasteiger charge is 2.37. The third-order valence-corrected chi connectivity index (χ3v) is 7.18. The lowest BCUT2D eigenvalue weighted by atomic mass is 9.93. The van der Waals surface area contributed by atoms with Gasteiger partial charge in [-0.3, -0.25) is 9.59 Å². The number of hydrogen-bond donors (Lipinski definition) is 2. The van der Waals surface area contributed by atoms with Crippen LogP contribution in [0.2, 0.25) is 0 Å². The smallest absolute Gasteiger partial charge is 0.255 e. The van der Waals surface area contributed by atoms with Gasteiger partial charge in [-0.15, -0.1) is 0 Å². The number of carbonyl (C=O) groups is 2. The lowest BCUT2D eigenvalue weighted by molar-refractivity contribution is -0.113. The Morgan fingerprint density at radius 2 is 1.67 bits per heavy atom. The second kappa shape index (κ2) is 10.4. The van der Waals surface area contributed by atoms with E-state index in [0.717, 1.165) is 35.1 Å². The number of amides is 2. The molecule has 2 aliphatic heterocycles. The van der Waals surface area contributed by atoms with Crippen LogP contribution in [0.5, 0.6) is 0 Å². The van der Waals surface area contributed by atoms with Crippen molar-refractivity contribution in [3.63, 3.8) is 0 Å². The number of fused-ring (bicyclic) bond motifs is 1. The van der Waals surface area contributed by atoms with Crippen molar-refractivity contribution in [1.82, 2.24) is 4.90 Å². The Hall–Kier alpha value is -3.91. The van der Waals surface area contributed by atoms with Gasteiger partial charge in [-0.1, -0.05) is 48.2 Å². The number of nitrogens with one attached hydrogen (secondary N) is 2. The van der Waals surface area contributed by atoms with E-state index < -0.39 is 5.82 Å². The Morgan fingerprint density at radius 3 is 2.42 bits per heavy atom. The van der Waals surface area contributed by atoms with Gasteiger partial charge in [0, 0.05) is 29.2 Å². The fourth-order valence-corrected chi connectivity index (χ4v) is 5.43. The highest BCUT2D eigenvalue weighted by atomic mass is 32.2. The number of benzene rings is 3. The predicted molar refractivity (Wildman–Crippen MR) is 143 cm³/mol.